The van der Waals surface area contributed by atoms with Crippen LogP contribution in [0.3, 0.4) is 0 Å². The molecule has 0 spiro atoms. The smallest absolute Gasteiger partial charge is 0.224 e. The Balaban J connectivity index is 1.82. The summed E-state index contributed by atoms with van der Waals surface area (Å²) in [6.07, 6.45) is 2.16. The van der Waals surface area contributed by atoms with Crippen molar-refractivity contribution in [2.24, 2.45) is 11.8 Å². The van der Waals surface area contributed by atoms with Crippen LogP contribution in [0.15, 0.2) is 0 Å². The van der Waals surface area contributed by atoms with E-state index in [1.165, 1.54) is 0 Å². The van der Waals surface area contributed by atoms with Crippen molar-refractivity contribution in [3.63, 3.8) is 0 Å². The molecule has 98 valence electrons. The third kappa shape index (κ3) is 2.99. The SMILES string of the molecule is CC1CNCC1C(=O)NC1CCN(C)C(C)C1. The van der Waals surface area contributed by atoms with Crippen molar-refractivity contribution < 1.29 is 4.79 Å². The van der Waals surface area contributed by atoms with E-state index in [9.17, 15) is 4.79 Å². The van der Waals surface area contributed by atoms with Crippen LogP contribution in [0, 0.1) is 11.8 Å². The molecule has 1 amide bonds. The van der Waals surface area contributed by atoms with Crippen LogP contribution in [-0.2, 0) is 4.79 Å². The summed E-state index contributed by atoms with van der Waals surface area (Å²) in [5, 5.41) is 6.52. The topological polar surface area (TPSA) is 44.4 Å². The van der Waals surface area contributed by atoms with Crippen molar-refractivity contribution in [1.29, 1.82) is 0 Å². The van der Waals surface area contributed by atoms with E-state index < -0.39 is 0 Å². The zero-order chi connectivity index (χ0) is 12.4. The lowest BCUT2D eigenvalue weighted by molar-refractivity contribution is -0.126. The van der Waals surface area contributed by atoms with Crippen LogP contribution < -0.4 is 10.6 Å². The predicted octanol–water partition coefficient (Wildman–Crippen LogP) is 0.441. The first kappa shape index (κ1) is 12.8. The molecule has 2 rings (SSSR count). The Morgan fingerprint density at radius 1 is 1.35 bits per heavy atom. The molecule has 4 nitrogen and oxygen atoms in total. The second-order valence-corrected chi connectivity index (χ2v) is 5.80. The average Bonchev–Trinajstić information content (AvgIpc) is 2.70. The monoisotopic (exact) mass is 239 g/mol. The Labute approximate surface area is 104 Å². The van der Waals surface area contributed by atoms with Gasteiger partial charge in [0, 0.05) is 25.2 Å². The van der Waals surface area contributed by atoms with Crippen LogP contribution in [0.4, 0.5) is 0 Å². The van der Waals surface area contributed by atoms with E-state index in [1.54, 1.807) is 0 Å². The van der Waals surface area contributed by atoms with Gasteiger partial charge in [0.1, 0.15) is 0 Å². The molecule has 2 aliphatic heterocycles. The molecular formula is C13H25N3O. The molecule has 17 heavy (non-hydrogen) atoms. The summed E-state index contributed by atoms with van der Waals surface area (Å²) in [7, 11) is 2.16. The molecule has 0 aromatic carbocycles. The first-order chi connectivity index (χ1) is 8.08. The maximum absolute atomic E-state index is 12.1. The quantitative estimate of drug-likeness (QED) is 0.735. The lowest BCUT2D eigenvalue weighted by atomic mass is 9.94. The fourth-order valence-electron chi connectivity index (χ4n) is 2.89. The molecule has 0 aliphatic carbocycles. The largest absolute Gasteiger partial charge is 0.353 e. The number of rotatable bonds is 2. The minimum atomic E-state index is 0.171. The number of hydrogen-bond donors (Lipinski definition) is 2. The summed E-state index contributed by atoms with van der Waals surface area (Å²) < 4.78 is 0. The van der Waals surface area contributed by atoms with Crippen LogP contribution in [0.1, 0.15) is 26.7 Å². The second-order valence-electron chi connectivity index (χ2n) is 5.80. The third-order valence-electron chi connectivity index (χ3n) is 4.41. The van der Waals surface area contributed by atoms with Gasteiger partial charge in [0.05, 0.1) is 5.92 Å². The summed E-state index contributed by atoms with van der Waals surface area (Å²) in [6.45, 7) is 7.29. The van der Waals surface area contributed by atoms with E-state index in [2.05, 4.69) is 36.4 Å². The lowest BCUT2D eigenvalue weighted by Gasteiger charge is -2.35. The van der Waals surface area contributed by atoms with E-state index in [0.717, 1.165) is 32.5 Å². The van der Waals surface area contributed by atoms with Gasteiger partial charge in [-0.3, -0.25) is 4.79 Å². The summed E-state index contributed by atoms with van der Waals surface area (Å²) in [5.74, 6) is 0.896. The Bertz CT molecular complexity index is 282. The standard InChI is InChI=1S/C13H25N3O/c1-9-7-14-8-12(9)13(17)15-11-4-5-16(3)10(2)6-11/h9-12,14H,4-8H2,1-3H3,(H,15,17). The van der Waals surface area contributed by atoms with Gasteiger partial charge in [-0.05, 0) is 39.3 Å². The normalized spacial score (nSPS) is 39.2. The van der Waals surface area contributed by atoms with Gasteiger partial charge in [0.25, 0.3) is 0 Å². The first-order valence-corrected chi connectivity index (χ1v) is 6.79. The maximum Gasteiger partial charge on any atom is 0.224 e. The zero-order valence-corrected chi connectivity index (χ0v) is 11.2. The molecule has 2 fully saturated rings. The Hall–Kier alpha value is -0.610. The van der Waals surface area contributed by atoms with Crippen molar-refractivity contribution in [2.75, 3.05) is 26.7 Å². The Kier molecular flexibility index (Phi) is 4.05. The Morgan fingerprint density at radius 2 is 2.12 bits per heavy atom. The van der Waals surface area contributed by atoms with Crippen molar-refractivity contribution in [2.45, 2.75) is 38.8 Å². The van der Waals surface area contributed by atoms with Crippen LogP contribution in [0.25, 0.3) is 0 Å². The number of carbonyl (C=O) groups excluding carboxylic acids is 1. The molecule has 0 saturated carbocycles. The molecular weight excluding hydrogens is 214 g/mol. The van der Waals surface area contributed by atoms with Crippen LogP contribution in [0.5, 0.6) is 0 Å². The molecule has 4 unspecified atom stereocenters. The fourth-order valence-corrected chi connectivity index (χ4v) is 2.89. The van der Waals surface area contributed by atoms with Crippen molar-refractivity contribution in [3.05, 3.63) is 0 Å². The molecule has 4 atom stereocenters. The second kappa shape index (κ2) is 5.36. The van der Waals surface area contributed by atoms with Gasteiger partial charge in [-0.15, -0.1) is 0 Å². The van der Waals surface area contributed by atoms with E-state index in [0.29, 0.717) is 18.0 Å². The van der Waals surface area contributed by atoms with Gasteiger partial charge >= 0.3 is 0 Å². The Morgan fingerprint density at radius 3 is 2.71 bits per heavy atom. The number of hydrogen-bond acceptors (Lipinski definition) is 3. The van der Waals surface area contributed by atoms with Gasteiger partial charge < -0.3 is 15.5 Å². The molecule has 0 radical (unpaired) electrons. The van der Waals surface area contributed by atoms with Gasteiger partial charge in [0.15, 0.2) is 0 Å². The number of carbonyl (C=O) groups is 1. The van der Waals surface area contributed by atoms with Gasteiger partial charge in [-0.25, -0.2) is 0 Å². The van der Waals surface area contributed by atoms with E-state index >= 15 is 0 Å². The average molecular weight is 239 g/mol. The first-order valence-electron chi connectivity index (χ1n) is 6.79. The van der Waals surface area contributed by atoms with Crippen LogP contribution in [-0.4, -0.2) is 49.6 Å². The van der Waals surface area contributed by atoms with Crippen molar-refractivity contribution in [3.8, 4) is 0 Å². The number of piperidine rings is 1. The summed E-state index contributed by atoms with van der Waals surface area (Å²) in [5.41, 5.74) is 0. The minimum absolute atomic E-state index is 0.171. The molecule has 4 heteroatoms. The molecule has 2 aliphatic rings. The van der Waals surface area contributed by atoms with Gasteiger partial charge in [-0.1, -0.05) is 6.92 Å². The van der Waals surface area contributed by atoms with Crippen LogP contribution in [0.2, 0.25) is 0 Å². The number of nitrogens with zero attached hydrogens (tertiary/aromatic N) is 1. The number of amides is 1. The maximum atomic E-state index is 12.1. The number of likely N-dealkylation sites (tertiary alicyclic amines) is 1. The predicted molar refractivity (Wildman–Crippen MR) is 68.8 cm³/mol. The molecule has 0 aromatic rings. The lowest BCUT2D eigenvalue weighted by Crippen LogP contribution is -2.49. The highest BCUT2D eigenvalue weighted by Crippen LogP contribution is 2.19. The van der Waals surface area contributed by atoms with Gasteiger partial charge in [-0.2, -0.15) is 0 Å². The van der Waals surface area contributed by atoms with E-state index in [1.807, 2.05) is 0 Å². The summed E-state index contributed by atoms with van der Waals surface area (Å²) in [4.78, 5) is 14.5. The van der Waals surface area contributed by atoms with E-state index in [-0.39, 0.29) is 11.8 Å². The summed E-state index contributed by atoms with van der Waals surface area (Å²) >= 11 is 0. The van der Waals surface area contributed by atoms with Crippen molar-refractivity contribution in [1.82, 2.24) is 15.5 Å². The van der Waals surface area contributed by atoms with E-state index in [4.69, 9.17) is 0 Å². The zero-order valence-electron chi connectivity index (χ0n) is 11.2. The number of nitrogens with one attached hydrogen (secondary N) is 2. The molecule has 0 aromatic heterocycles. The highest BCUT2D eigenvalue weighted by atomic mass is 16.2. The van der Waals surface area contributed by atoms with Crippen molar-refractivity contribution >= 4 is 5.91 Å². The third-order valence-corrected chi connectivity index (χ3v) is 4.41. The molecule has 2 heterocycles. The molecule has 0 bridgehead atoms. The molecule has 2 N–H and O–H groups in total. The highest BCUT2D eigenvalue weighted by Gasteiger charge is 2.32. The minimum Gasteiger partial charge on any atom is -0.353 e. The van der Waals surface area contributed by atoms with Gasteiger partial charge in [0.2, 0.25) is 5.91 Å². The molecule has 2 saturated heterocycles. The summed E-state index contributed by atoms with van der Waals surface area (Å²) in [6, 6.07) is 0.953. The van der Waals surface area contributed by atoms with Crippen LogP contribution >= 0.6 is 0 Å². The highest BCUT2D eigenvalue weighted by molar-refractivity contribution is 5.79. The fraction of sp³-hybridized carbons (Fsp3) is 0.923.